The second kappa shape index (κ2) is 19.9. The van der Waals surface area contributed by atoms with Gasteiger partial charge in [0.05, 0.1) is 28.9 Å². The summed E-state index contributed by atoms with van der Waals surface area (Å²) in [5.41, 5.74) is 0.996. The highest BCUT2D eigenvalue weighted by atomic mass is 19.4. The van der Waals surface area contributed by atoms with Crippen molar-refractivity contribution < 1.29 is 65.3 Å². The van der Waals surface area contributed by atoms with E-state index in [9.17, 15) is 46.7 Å². The Balaban J connectivity index is 0.730. The molecule has 0 aliphatic carbocycles. The molecule has 23 heteroatoms. The van der Waals surface area contributed by atoms with E-state index in [4.69, 9.17) is 14.2 Å². The van der Waals surface area contributed by atoms with Crippen molar-refractivity contribution in [1.29, 1.82) is 0 Å². The zero-order valence-corrected chi connectivity index (χ0v) is 41.2. The predicted octanol–water partition coefficient (Wildman–Crippen LogP) is 6.57. The van der Waals surface area contributed by atoms with Crippen molar-refractivity contribution in [3.05, 3.63) is 117 Å². The fourth-order valence-electron chi connectivity index (χ4n) is 10.5. The summed E-state index contributed by atoms with van der Waals surface area (Å²) < 4.78 is 77.3. The van der Waals surface area contributed by atoms with Crippen LogP contribution in [0.1, 0.15) is 80.9 Å². The summed E-state index contributed by atoms with van der Waals surface area (Å²) in [5, 5.41) is 4.88. The fraction of sp³-hybridized carbons (Fsp3) is 0.340. The van der Waals surface area contributed by atoms with E-state index in [0.29, 0.717) is 53.8 Å². The SMILES string of the molecule is COc1cc2c(Oc3ccc(NC(=O)c4c(C)n(C)c5ccc(OC(F)(F)F)cc5c4=O)cc3F)ncnc2cc1OCC(=O)N1CCC2(CC1)CCN(C(=O)c1ccc3c(c1)CN(C1CCC(=O)NC1=O)C3=O)CC2. The van der Waals surface area contributed by atoms with Gasteiger partial charge in [-0.2, -0.15) is 0 Å². The Morgan fingerprint density at radius 3 is 2.29 bits per heavy atom. The number of ether oxygens (including phenoxy) is 4. The van der Waals surface area contributed by atoms with Crippen LogP contribution in [0.4, 0.5) is 23.2 Å². The van der Waals surface area contributed by atoms with E-state index in [1.165, 1.54) is 67.2 Å². The van der Waals surface area contributed by atoms with Crippen molar-refractivity contribution in [1.82, 2.24) is 34.6 Å². The van der Waals surface area contributed by atoms with E-state index < -0.39 is 41.2 Å². The van der Waals surface area contributed by atoms with Gasteiger partial charge in [-0.05, 0) is 105 Å². The number of nitrogens with one attached hydrogen (secondary N) is 2. The van der Waals surface area contributed by atoms with Crippen molar-refractivity contribution in [2.45, 2.75) is 64.4 Å². The first-order chi connectivity index (χ1) is 36.3. The molecular weight excluding hydrogens is 1000 g/mol. The highest BCUT2D eigenvalue weighted by Crippen LogP contribution is 2.42. The molecule has 10 rings (SSSR count). The molecule has 1 atom stereocenters. The number of halogens is 4. The number of pyridine rings is 1. The topological polar surface area (TPSA) is 221 Å². The van der Waals surface area contributed by atoms with E-state index in [0.717, 1.165) is 43.9 Å². The van der Waals surface area contributed by atoms with Crippen molar-refractivity contribution >= 4 is 62.9 Å². The van der Waals surface area contributed by atoms with E-state index in [2.05, 4.69) is 25.3 Å². The number of rotatable bonds is 11. The minimum Gasteiger partial charge on any atom is -0.493 e. The number of aromatic nitrogens is 3. The lowest BCUT2D eigenvalue weighted by Gasteiger charge is -2.46. The van der Waals surface area contributed by atoms with Crippen LogP contribution >= 0.6 is 0 Å². The number of carbonyl (C=O) groups is 6. The Labute approximate surface area is 429 Å². The molecule has 6 heterocycles. The Morgan fingerprint density at radius 1 is 0.855 bits per heavy atom. The van der Waals surface area contributed by atoms with Gasteiger partial charge < -0.3 is 43.5 Å². The molecule has 1 unspecified atom stereocenters. The van der Waals surface area contributed by atoms with Crippen LogP contribution in [0.2, 0.25) is 0 Å². The summed E-state index contributed by atoms with van der Waals surface area (Å²) in [4.78, 5) is 105. The molecule has 6 amide bonds. The number of nitrogens with zero attached hydrogens (tertiary/aromatic N) is 6. The number of benzene rings is 4. The molecular formula is C53H48F4N8O11. The van der Waals surface area contributed by atoms with Crippen LogP contribution in [0.5, 0.6) is 28.9 Å². The molecule has 4 aromatic carbocycles. The molecule has 1 spiro atoms. The number of alkyl halides is 3. The Bertz CT molecular complexity index is 3480. The van der Waals surface area contributed by atoms with E-state index >= 15 is 4.39 Å². The minimum atomic E-state index is -5.01. The number of piperidine rings is 3. The van der Waals surface area contributed by atoms with Crippen molar-refractivity contribution in [2.24, 2.45) is 12.5 Å². The first kappa shape index (κ1) is 50.9. The maximum Gasteiger partial charge on any atom is 0.573 e. The van der Waals surface area contributed by atoms with Crippen LogP contribution in [0.15, 0.2) is 77.9 Å². The number of anilines is 1. The average Bonchev–Trinajstić information content (AvgIpc) is 3.73. The number of methoxy groups -OCH3 is 1. The number of hydrogen-bond donors (Lipinski definition) is 2. The summed E-state index contributed by atoms with van der Waals surface area (Å²) >= 11 is 0. The smallest absolute Gasteiger partial charge is 0.493 e. The van der Waals surface area contributed by atoms with Gasteiger partial charge in [0.15, 0.2) is 29.7 Å². The first-order valence-electron chi connectivity index (χ1n) is 24.3. The molecule has 76 heavy (non-hydrogen) atoms. The number of aryl methyl sites for hydroxylation is 1. The van der Waals surface area contributed by atoms with Gasteiger partial charge in [-0.15, -0.1) is 13.2 Å². The third-order valence-electron chi connectivity index (χ3n) is 14.8. The van der Waals surface area contributed by atoms with Crippen LogP contribution in [0, 0.1) is 18.2 Å². The number of imide groups is 1. The third kappa shape index (κ3) is 9.90. The van der Waals surface area contributed by atoms with Gasteiger partial charge in [0, 0.05) is 80.8 Å². The summed E-state index contributed by atoms with van der Waals surface area (Å²) in [6, 6.07) is 14.0. The third-order valence-corrected chi connectivity index (χ3v) is 14.8. The van der Waals surface area contributed by atoms with Gasteiger partial charge in [0.1, 0.15) is 23.7 Å². The standard InChI is InChI=1S/C53H48F4N8O11/c1-28-45(46(68)35-22-32(76-53(55,56)57)6-8-38(35)62(28)2)48(70)60-31-5-10-40(36(54)21-31)75-49-34-23-41(73-3)42(24-37(34)58-27-59-49)74-26-44(67)63-16-12-52(13-17-63)14-18-64(19-15-52)50(71)29-4-7-33-30(20-29)25-65(51(33)72)39-9-11-43(66)61-47(39)69/h4-8,10,20-24,27,39H,9,11-19,25-26H2,1-3H3,(H,60,70)(H,61,66,69). The Hall–Kier alpha value is -8.63. The number of likely N-dealkylation sites (tertiary alicyclic amines) is 2. The first-order valence-corrected chi connectivity index (χ1v) is 24.3. The summed E-state index contributed by atoms with van der Waals surface area (Å²) in [5.74, 6) is -3.98. The van der Waals surface area contributed by atoms with Gasteiger partial charge >= 0.3 is 6.36 Å². The van der Waals surface area contributed by atoms with E-state index in [-0.39, 0.29) is 106 Å². The molecule has 4 aliphatic rings. The normalized spacial score (nSPS) is 17.4. The van der Waals surface area contributed by atoms with Crippen LogP contribution in [0.25, 0.3) is 21.8 Å². The molecule has 3 saturated heterocycles. The lowest BCUT2D eigenvalue weighted by Crippen LogP contribution is -2.52. The zero-order chi connectivity index (χ0) is 53.8. The highest BCUT2D eigenvalue weighted by Gasteiger charge is 2.42. The van der Waals surface area contributed by atoms with Crippen LogP contribution in [-0.4, -0.2) is 117 Å². The molecule has 4 aliphatic heterocycles. The molecule has 19 nitrogen and oxygen atoms in total. The summed E-state index contributed by atoms with van der Waals surface area (Å²) in [7, 11) is 2.93. The van der Waals surface area contributed by atoms with Gasteiger partial charge in [-0.1, -0.05) is 0 Å². The number of carbonyl (C=O) groups excluding carboxylic acids is 6. The van der Waals surface area contributed by atoms with Crippen molar-refractivity contribution in [3.8, 4) is 28.9 Å². The summed E-state index contributed by atoms with van der Waals surface area (Å²) in [6.07, 6.45) is -0.399. The molecule has 2 N–H and O–H groups in total. The number of fused-ring (bicyclic) bond motifs is 3. The monoisotopic (exact) mass is 1050 g/mol. The average molecular weight is 1050 g/mol. The van der Waals surface area contributed by atoms with Crippen LogP contribution < -0.4 is 35.0 Å². The highest BCUT2D eigenvalue weighted by molar-refractivity contribution is 6.08. The number of amides is 6. The molecule has 2 aromatic heterocycles. The van der Waals surface area contributed by atoms with Gasteiger partial charge in [0.25, 0.3) is 23.6 Å². The Kier molecular flexibility index (Phi) is 13.3. The van der Waals surface area contributed by atoms with Gasteiger partial charge in [0.2, 0.25) is 23.1 Å². The largest absolute Gasteiger partial charge is 0.573 e. The molecule has 394 valence electrons. The lowest BCUT2D eigenvalue weighted by atomic mass is 9.71. The maximum absolute atomic E-state index is 15.6. The van der Waals surface area contributed by atoms with E-state index in [1.54, 1.807) is 23.1 Å². The molecule has 0 radical (unpaired) electrons. The van der Waals surface area contributed by atoms with Crippen molar-refractivity contribution in [3.63, 3.8) is 0 Å². The molecule has 6 aromatic rings. The number of hydrogen-bond acceptors (Lipinski definition) is 13. The molecule has 3 fully saturated rings. The quantitative estimate of drug-likeness (QED) is 0.104. The molecule has 0 bridgehead atoms. The zero-order valence-electron chi connectivity index (χ0n) is 41.2. The lowest BCUT2D eigenvalue weighted by molar-refractivity contribution is -0.274. The maximum atomic E-state index is 15.6. The fourth-order valence-corrected chi connectivity index (χ4v) is 10.5. The predicted molar refractivity (Wildman–Crippen MR) is 262 cm³/mol. The van der Waals surface area contributed by atoms with Gasteiger partial charge in [-0.25, -0.2) is 14.4 Å². The van der Waals surface area contributed by atoms with Crippen LogP contribution in [0.3, 0.4) is 0 Å². The second-order valence-electron chi connectivity index (χ2n) is 19.2. The van der Waals surface area contributed by atoms with Crippen molar-refractivity contribution in [2.75, 3.05) is 45.2 Å². The van der Waals surface area contributed by atoms with Gasteiger partial charge in [-0.3, -0.25) is 38.9 Å². The molecule has 0 saturated carbocycles. The Morgan fingerprint density at radius 2 is 1.59 bits per heavy atom. The second-order valence-corrected chi connectivity index (χ2v) is 19.2. The summed E-state index contributed by atoms with van der Waals surface area (Å²) in [6.45, 7) is 3.44. The minimum absolute atomic E-state index is 0.0426. The van der Waals surface area contributed by atoms with E-state index in [1.807, 2.05) is 4.90 Å². The van der Waals surface area contributed by atoms with Crippen LogP contribution in [-0.2, 0) is 28.0 Å².